The number of benzene rings is 1. The number of halogens is 2. The summed E-state index contributed by atoms with van der Waals surface area (Å²) in [6, 6.07) is 13.2. The molecule has 3 N–H and O–H groups in total. The molecule has 2 aromatic rings. The van der Waals surface area contributed by atoms with Crippen molar-refractivity contribution in [3.8, 4) is 0 Å². The Morgan fingerprint density at radius 2 is 1.87 bits per heavy atom. The maximum atomic E-state index is 12.3. The van der Waals surface area contributed by atoms with Gasteiger partial charge in [-0.05, 0) is 44.4 Å². The maximum absolute atomic E-state index is 12.3. The summed E-state index contributed by atoms with van der Waals surface area (Å²) in [5, 5.41) is 9.94. The molecule has 0 saturated carbocycles. The molecular weight excluding hydrogens is 529 g/mol. The third-order valence-corrected chi connectivity index (χ3v) is 4.31. The number of aromatic nitrogens is 1. The SMILES string of the molecule is CN=C(NCCc1ccc(Cl)nc1)NCC(NC(=O)OC(C)(C)C)c1ccccc1.I. The molecule has 0 aliphatic rings. The number of carbonyl (C=O) groups is 1. The number of ether oxygens (including phenoxy) is 1. The Balaban J connectivity index is 0.00000480. The van der Waals surface area contributed by atoms with Gasteiger partial charge in [0.2, 0.25) is 0 Å². The normalized spacial score (nSPS) is 12.4. The van der Waals surface area contributed by atoms with Crippen molar-refractivity contribution in [1.82, 2.24) is 20.9 Å². The van der Waals surface area contributed by atoms with Crippen LogP contribution in [0.3, 0.4) is 0 Å². The molecular formula is C22H31ClIN5O2. The van der Waals surface area contributed by atoms with Crippen LogP contribution in [0.1, 0.15) is 37.9 Å². The molecule has 0 fully saturated rings. The van der Waals surface area contributed by atoms with Gasteiger partial charge in [-0.25, -0.2) is 9.78 Å². The van der Waals surface area contributed by atoms with Gasteiger partial charge in [0.15, 0.2) is 5.96 Å². The second-order valence-electron chi connectivity index (χ2n) is 7.73. The van der Waals surface area contributed by atoms with Gasteiger partial charge in [-0.1, -0.05) is 48.0 Å². The average Bonchev–Trinajstić information content (AvgIpc) is 2.70. The minimum atomic E-state index is -0.563. The van der Waals surface area contributed by atoms with E-state index >= 15 is 0 Å². The van der Waals surface area contributed by atoms with Crippen LogP contribution < -0.4 is 16.0 Å². The molecule has 1 aromatic heterocycles. The molecule has 170 valence electrons. The highest BCUT2D eigenvalue weighted by Crippen LogP contribution is 2.14. The minimum absolute atomic E-state index is 0. The number of pyridine rings is 1. The molecule has 7 nitrogen and oxygen atoms in total. The van der Waals surface area contributed by atoms with E-state index in [4.69, 9.17) is 16.3 Å². The summed E-state index contributed by atoms with van der Waals surface area (Å²) in [7, 11) is 1.71. The van der Waals surface area contributed by atoms with Crippen LogP contribution >= 0.6 is 35.6 Å². The van der Waals surface area contributed by atoms with Gasteiger partial charge in [-0.3, -0.25) is 4.99 Å². The van der Waals surface area contributed by atoms with Crippen LogP contribution in [0.4, 0.5) is 4.79 Å². The van der Waals surface area contributed by atoms with Gasteiger partial charge >= 0.3 is 6.09 Å². The predicted octanol–water partition coefficient (Wildman–Crippen LogP) is 4.33. The third-order valence-electron chi connectivity index (χ3n) is 4.08. The Bertz CT molecular complexity index is 826. The van der Waals surface area contributed by atoms with E-state index in [0.717, 1.165) is 17.5 Å². The van der Waals surface area contributed by atoms with Gasteiger partial charge in [0.1, 0.15) is 10.8 Å². The Morgan fingerprint density at radius 3 is 2.45 bits per heavy atom. The quantitative estimate of drug-likeness (QED) is 0.204. The Hall–Kier alpha value is -2.07. The summed E-state index contributed by atoms with van der Waals surface area (Å²) in [4.78, 5) is 20.6. The maximum Gasteiger partial charge on any atom is 0.408 e. The van der Waals surface area contributed by atoms with Crippen molar-refractivity contribution >= 4 is 47.6 Å². The van der Waals surface area contributed by atoms with Gasteiger partial charge < -0.3 is 20.7 Å². The molecule has 31 heavy (non-hydrogen) atoms. The number of carbonyl (C=O) groups excluding carboxylic acids is 1. The number of nitrogens with one attached hydrogen (secondary N) is 3. The first kappa shape index (κ1) is 27.0. The molecule has 1 atom stereocenters. The fourth-order valence-electron chi connectivity index (χ4n) is 2.69. The largest absolute Gasteiger partial charge is 0.444 e. The lowest BCUT2D eigenvalue weighted by Gasteiger charge is -2.24. The van der Waals surface area contributed by atoms with Gasteiger partial charge in [0.05, 0.1) is 6.04 Å². The van der Waals surface area contributed by atoms with E-state index in [1.54, 1.807) is 19.3 Å². The first-order chi connectivity index (χ1) is 14.3. The molecule has 2 rings (SSSR count). The van der Waals surface area contributed by atoms with E-state index in [0.29, 0.717) is 24.2 Å². The number of aliphatic imine (C=N–C) groups is 1. The van der Waals surface area contributed by atoms with Crippen molar-refractivity contribution in [2.45, 2.75) is 38.8 Å². The van der Waals surface area contributed by atoms with Gasteiger partial charge in [0.25, 0.3) is 0 Å². The smallest absolute Gasteiger partial charge is 0.408 e. The first-order valence-corrected chi connectivity index (χ1v) is 10.2. The highest BCUT2D eigenvalue weighted by molar-refractivity contribution is 14.0. The van der Waals surface area contributed by atoms with Crippen LogP contribution in [0.25, 0.3) is 0 Å². The third kappa shape index (κ3) is 10.7. The summed E-state index contributed by atoms with van der Waals surface area (Å²) in [6.07, 6.45) is 2.08. The molecule has 0 aliphatic heterocycles. The fraction of sp³-hybridized carbons (Fsp3) is 0.409. The monoisotopic (exact) mass is 559 g/mol. The van der Waals surface area contributed by atoms with Crippen LogP contribution in [0, 0.1) is 0 Å². The number of guanidine groups is 1. The highest BCUT2D eigenvalue weighted by Gasteiger charge is 2.20. The van der Waals surface area contributed by atoms with E-state index < -0.39 is 11.7 Å². The number of amides is 1. The molecule has 1 amide bonds. The second-order valence-corrected chi connectivity index (χ2v) is 8.12. The molecule has 0 radical (unpaired) electrons. The van der Waals surface area contributed by atoms with Crippen molar-refractivity contribution in [3.63, 3.8) is 0 Å². The Morgan fingerprint density at radius 1 is 1.16 bits per heavy atom. The summed E-state index contributed by atoms with van der Waals surface area (Å²) >= 11 is 5.82. The van der Waals surface area contributed by atoms with E-state index in [2.05, 4.69) is 25.9 Å². The number of hydrogen-bond acceptors (Lipinski definition) is 4. The Labute approximate surface area is 206 Å². The topological polar surface area (TPSA) is 87.6 Å². The van der Waals surface area contributed by atoms with Crippen LogP contribution in [0.2, 0.25) is 5.15 Å². The molecule has 0 saturated heterocycles. The predicted molar refractivity (Wildman–Crippen MR) is 136 cm³/mol. The molecule has 0 spiro atoms. The molecule has 1 aromatic carbocycles. The lowest BCUT2D eigenvalue weighted by Crippen LogP contribution is -2.44. The van der Waals surface area contributed by atoms with Crippen LogP contribution in [-0.4, -0.2) is 42.8 Å². The van der Waals surface area contributed by atoms with Crippen molar-refractivity contribution < 1.29 is 9.53 Å². The van der Waals surface area contributed by atoms with E-state index in [1.165, 1.54) is 0 Å². The van der Waals surface area contributed by atoms with Crippen molar-refractivity contribution in [2.75, 3.05) is 20.1 Å². The standard InChI is InChI=1S/C22H30ClN5O2.HI/c1-22(2,3)30-21(29)28-18(17-8-6-5-7-9-17)15-27-20(24-4)25-13-12-16-10-11-19(23)26-14-16;/h5-11,14,18H,12-13,15H2,1-4H3,(H,28,29)(H2,24,25,27);1H. The first-order valence-electron chi connectivity index (χ1n) is 9.86. The second kappa shape index (κ2) is 13.4. The zero-order valence-corrected chi connectivity index (χ0v) is 21.4. The number of alkyl carbamates (subject to hydrolysis) is 1. The van der Waals surface area contributed by atoms with E-state index in [1.807, 2.05) is 57.2 Å². The van der Waals surface area contributed by atoms with Crippen LogP contribution in [-0.2, 0) is 11.2 Å². The number of nitrogens with zero attached hydrogens (tertiary/aromatic N) is 2. The Kier molecular flexibility index (Phi) is 11.6. The molecule has 0 bridgehead atoms. The molecule has 0 aliphatic carbocycles. The van der Waals surface area contributed by atoms with Gasteiger partial charge in [0, 0.05) is 26.3 Å². The van der Waals surface area contributed by atoms with E-state index in [-0.39, 0.29) is 30.0 Å². The summed E-state index contributed by atoms with van der Waals surface area (Å²) in [6.45, 7) is 6.64. The highest BCUT2D eigenvalue weighted by atomic mass is 127. The van der Waals surface area contributed by atoms with Crippen molar-refractivity contribution in [2.24, 2.45) is 4.99 Å². The fourth-order valence-corrected chi connectivity index (χ4v) is 2.80. The number of rotatable bonds is 7. The van der Waals surface area contributed by atoms with Gasteiger partial charge in [-0.15, -0.1) is 24.0 Å². The molecule has 1 unspecified atom stereocenters. The number of hydrogen-bond donors (Lipinski definition) is 3. The zero-order chi connectivity index (χ0) is 22.0. The zero-order valence-electron chi connectivity index (χ0n) is 18.3. The lowest BCUT2D eigenvalue weighted by molar-refractivity contribution is 0.0504. The van der Waals surface area contributed by atoms with Crippen molar-refractivity contribution in [1.29, 1.82) is 0 Å². The summed E-state index contributed by atoms with van der Waals surface area (Å²) in [5.74, 6) is 0.642. The molecule has 9 heteroatoms. The molecule has 1 heterocycles. The lowest BCUT2D eigenvalue weighted by atomic mass is 10.1. The summed E-state index contributed by atoms with van der Waals surface area (Å²) in [5.41, 5.74) is 1.49. The van der Waals surface area contributed by atoms with Crippen LogP contribution in [0.5, 0.6) is 0 Å². The summed E-state index contributed by atoms with van der Waals surface area (Å²) < 4.78 is 5.41. The van der Waals surface area contributed by atoms with Crippen molar-refractivity contribution in [3.05, 3.63) is 64.9 Å². The van der Waals surface area contributed by atoms with Crippen LogP contribution in [0.15, 0.2) is 53.7 Å². The average molecular weight is 560 g/mol. The van der Waals surface area contributed by atoms with E-state index in [9.17, 15) is 4.79 Å². The minimum Gasteiger partial charge on any atom is -0.444 e. The van der Waals surface area contributed by atoms with Gasteiger partial charge in [-0.2, -0.15) is 0 Å².